The van der Waals surface area contributed by atoms with Crippen LogP contribution in [0.25, 0.3) is 11.0 Å². The van der Waals surface area contributed by atoms with E-state index in [4.69, 9.17) is 9.15 Å². The van der Waals surface area contributed by atoms with Gasteiger partial charge in [0.2, 0.25) is 0 Å². The van der Waals surface area contributed by atoms with E-state index in [0.717, 1.165) is 10.9 Å². The van der Waals surface area contributed by atoms with Gasteiger partial charge in [-0.25, -0.2) is 0 Å². The van der Waals surface area contributed by atoms with E-state index in [9.17, 15) is 9.59 Å². The number of esters is 1. The number of hydrogen-bond acceptors (Lipinski definition) is 5. The molecule has 0 aliphatic rings. The maximum Gasteiger partial charge on any atom is 0.305 e. The van der Waals surface area contributed by atoms with Crippen LogP contribution in [0.5, 0.6) is 5.75 Å². The largest absolute Gasteiger partial charge is 0.497 e. The van der Waals surface area contributed by atoms with Gasteiger partial charge in [0, 0.05) is 31.0 Å². The van der Waals surface area contributed by atoms with Gasteiger partial charge in [-0.2, -0.15) is 0 Å². The van der Waals surface area contributed by atoms with Crippen LogP contribution in [0.1, 0.15) is 29.0 Å². The number of methoxy groups -OCH3 is 2. The summed E-state index contributed by atoms with van der Waals surface area (Å²) in [7, 11) is 4.63. The molecular formula is C17H21NO5. The number of amides is 1. The summed E-state index contributed by atoms with van der Waals surface area (Å²) in [6.45, 7) is 2.30. The van der Waals surface area contributed by atoms with Crippen LogP contribution in [0.3, 0.4) is 0 Å². The van der Waals surface area contributed by atoms with Gasteiger partial charge in [-0.15, -0.1) is 0 Å². The van der Waals surface area contributed by atoms with Crippen LogP contribution in [0.4, 0.5) is 0 Å². The molecule has 0 saturated carbocycles. The number of ether oxygens (including phenoxy) is 2. The second kappa shape index (κ2) is 7.17. The third kappa shape index (κ3) is 3.64. The molecule has 0 aliphatic heterocycles. The van der Waals surface area contributed by atoms with Crippen LogP contribution >= 0.6 is 0 Å². The van der Waals surface area contributed by atoms with Crippen LogP contribution in [0, 0.1) is 6.92 Å². The van der Waals surface area contributed by atoms with E-state index in [1.807, 2.05) is 13.0 Å². The summed E-state index contributed by atoms with van der Waals surface area (Å²) in [6, 6.07) is 5.43. The number of nitrogens with zero attached hydrogens (tertiary/aromatic N) is 1. The van der Waals surface area contributed by atoms with Gasteiger partial charge in [-0.05, 0) is 31.5 Å². The third-order valence-corrected chi connectivity index (χ3v) is 3.79. The summed E-state index contributed by atoms with van der Waals surface area (Å²) >= 11 is 0. The molecule has 0 aliphatic carbocycles. The van der Waals surface area contributed by atoms with Gasteiger partial charge in [0.15, 0.2) is 5.76 Å². The number of benzene rings is 1. The standard InChI is InChI=1S/C17H21NO5/c1-11-13-10-12(21-3)7-8-14(13)23-16(11)17(20)18(2)9-5-6-15(19)22-4/h7-8,10H,5-6,9H2,1-4H3. The number of carbonyl (C=O) groups excluding carboxylic acids is 2. The van der Waals surface area contributed by atoms with Gasteiger partial charge in [-0.1, -0.05) is 0 Å². The minimum atomic E-state index is -0.280. The molecular weight excluding hydrogens is 298 g/mol. The predicted octanol–water partition coefficient (Wildman–Crippen LogP) is 2.78. The van der Waals surface area contributed by atoms with E-state index in [0.29, 0.717) is 30.1 Å². The smallest absolute Gasteiger partial charge is 0.305 e. The van der Waals surface area contributed by atoms with E-state index >= 15 is 0 Å². The first-order valence-electron chi connectivity index (χ1n) is 7.37. The van der Waals surface area contributed by atoms with Gasteiger partial charge in [0.1, 0.15) is 11.3 Å². The van der Waals surface area contributed by atoms with Crippen molar-refractivity contribution in [2.75, 3.05) is 27.8 Å². The molecule has 6 heteroatoms. The summed E-state index contributed by atoms with van der Waals surface area (Å²) < 4.78 is 15.5. The molecule has 2 rings (SSSR count). The Hall–Kier alpha value is -2.50. The molecule has 0 saturated heterocycles. The third-order valence-electron chi connectivity index (χ3n) is 3.79. The Balaban J connectivity index is 2.14. The molecule has 0 N–H and O–H groups in total. The highest BCUT2D eigenvalue weighted by molar-refractivity contribution is 5.99. The van der Waals surface area contributed by atoms with Crippen LogP contribution in [0.2, 0.25) is 0 Å². The molecule has 124 valence electrons. The molecule has 0 spiro atoms. The van der Waals surface area contributed by atoms with E-state index in [1.54, 1.807) is 31.2 Å². The highest BCUT2D eigenvalue weighted by Crippen LogP contribution is 2.29. The predicted molar refractivity (Wildman–Crippen MR) is 85.7 cm³/mol. The fourth-order valence-corrected chi connectivity index (χ4v) is 2.37. The lowest BCUT2D eigenvalue weighted by Crippen LogP contribution is -2.28. The highest BCUT2D eigenvalue weighted by Gasteiger charge is 2.21. The quantitative estimate of drug-likeness (QED) is 0.766. The molecule has 0 bridgehead atoms. The molecule has 0 unspecified atom stereocenters. The lowest BCUT2D eigenvalue weighted by atomic mass is 10.1. The van der Waals surface area contributed by atoms with Crippen LogP contribution in [0.15, 0.2) is 22.6 Å². The second-order valence-corrected chi connectivity index (χ2v) is 5.32. The highest BCUT2D eigenvalue weighted by atomic mass is 16.5. The first kappa shape index (κ1) is 16.9. The maximum absolute atomic E-state index is 12.5. The number of fused-ring (bicyclic) bond motifs is 1. The number of rotatable bonds is 6. The number of carbonyl (C=O) groups is 2. The monoisotopic (exact) mass is 319 g/mol. The van der Waals surface area contributed by atoms with E-state index in [-0.39, 0.29) is 18.3 Å². The second-order valence-electron chi connectivity index (χ2n) is 5.32. The fourth-order valence-electron chi connectivity index (χ4n) is 2.37. The fraction of sp³-hybridized carbons (Fsp3) is 0.412. The zero-order valence-corrected chi connectivity index (χ0v) is 13.8. The van der Waals surface area contributed by atoms with Crippen molar-refractivity contribution < 1.29 is 23.5 Å². The summed E-state index contributed by atoms with van der Waals surface area (Å²) in [5.41, 5.74) is 1.43. The first-order chi connectivity index (χ1) is 11.0. The van der Waals surface area contributed by atoms with Crippen molar-refractivity contribution in [3.8, 4) is 5.75 Å². The van der Waals surface area contributed by atoms with Crippen molar-refractivity contribution in [3.05, 3.63) is 29.5 Å². The number of aryl methyl sites for hydroxylation is 1. The minimum absolute atomic E-state index is 0.206. The summed E-state index contributed by atoms with van der Waals surface area (Å²) in [6.07, 6.45) is 0.826. The number of hydrogen-bond donors (Lipinski definition) is 0. The van der Waals surface area contributed by atoms with Crippen LogP contribution in [-0.2, 0) is 9.53 Å². The Morgan fingerprint density at radius 1 is 1.26 bits per heavy atom. The van der Waals surface area contributed by atoms with Crippen molar-refractivity contribution in [2.24, 2.45) is 0 Å². The van der Waals surface area contributed by atoms with Crippen molar-refractivity contribution in [1.29, 1.82) is 0 Å². The molecule has 1 amide bonds. The van der Waals surface area contributed by atoms with Gasteiger partial charge in [-0.3, -0.25) is 9.59 Å². The SMILES string of the molecule is COC(=O)CCCN(C)C(=O)c1oc2ccc(OC)cc2c1C. The van der Waals surface area contributed by atoms with E-state index < -0.39 is 0 Å². The zero-order valence-electron chi connectivity index (χ0n) is 13.8. The summed E-state index contributed by atoms with van der Waals surface area (Å²) in [5.74, 6) is 0.543. The minimum Gasteiger partial charge on any atom is -0.497 e. The van der Waals surface area contributed by atoms with E-state index in [2.05, 4.69) is 4.74 Å². The Kier molecular flexibility index (Phi) is 5.26. The lowest BCUT2D eigenvalue weighted by Gasteiger charge is -2.15. The molecule has 1 aromatic carbocycles. The molecule has 2 aromatic rings. The number of furan rings is 1. The van der Waals surface area contributed by atoms with Crippen LogP contribution in [-0.4, -0.2) is 44.6 Å². The van der Waals surface area contributed by atoms with Crippen molar-refractivity contribution >= 4 is 22.8 Å². The van der Waals surface area contributed by atoms with Crippen LogP contribution < -0.4 is 4.74 Å². The zero-order chi connectivity index (χ0) is 17.0. The van der Waals surface area contributed by atoms with Crippen molar-refractivity contribution in [3.63, 3.8) is 0 Å². The van der Waals surface area contributed by atoms with E-state index in [1.165, 1.54) is 7.11 Å². The normalized spacial score (nSPS) is 10.6. The maximum atomic E-state index is 12.5. The molecule has 23 heavy (non-hydrogen) atoms. The van der Waals surface area contributed by atoms with Gasteiger partial charge >= 0.3 is 5.97 Å². The first-order valence-corrected chi connectivity index (χ1v) is 7.37. The topological polar surface area (TPSA) is 69.0 Å². The summed E-state index contributed by atoms with van der Waals surface area (Å²) in [4.78, 5) is 25.2. The van der Waals surface area contributed by atoms with Crippen molar-refractivity contribution in [1.82, 2.24) is 4.90 Å². The summed E-state index contributed by atoms with van der Waals surface area (Å²) in [5, 5.41) is 0.857. The molecule has 1 aromatic heterocycles. The Labute approximate surface area is 135 Å². The van der Waals surface area contributed by atoms with Crippen molar-refractivity contribution in [2.45, 2.75) is 19.8 Å². The molecule has 0 fully saturated rings. The Bertz CT molecular complexity index is 719. The molecule has 0 atom stereocenters. The Morgan fingerprint density at radius 3 is 2.65 bits per heavy atom. The van der Waals surface area contributed by atoms with Gasteiger partial charge in [0.05, 0.1) is 14.2 Å². The molecule has 1 heterocycles. The molecule has 0 radical (unpaired) electrons. The van der Waals surface area contributed by atoms with Gasteiger partial charge < -0.3 is 18.8 Å². The van der Waals surface area contributed by atoms with Gasteiger partial charge in [0.25, 0.3) is 5.91 Å². The lowest BCUT2D eigenvalue weighted by molar-refractivity contribution is -0.140. The molecule has 6 nitrogen and oxygen atoms in total. The Morgan fingerprint density at radius 2 is 2.00 bits per heavy atom. The average molecular weight is 319 g/mol. The average Bonchev–Trinajstić information content (AvgIpc) is 2.90.